The number of hydrogen-bond donors (Lipinski definition) is 2. The van der Waals surface area contributed by atoms with E-state index in [9.17, 15) is 22.8 Å². The maximum Gasteiger partial charge on any atom is 0.418 e. The van der Waals surface area contributed by atoms with Crippen LogP contribution in [-0.2, 0) is 11.0 Å². The summed E-state index contributed by atoms with van der Waals surface area (Å²) in [6, 6.07) is 15.0. The van der Waals surface area contributed by atoms with Crippen LogP contribution >= 0.6 is 0 Å². The summed E-state index contributed by atoms with van der Waals surface area (Å²) in [4.78, 5) is 24.1. The smallest absolute Gasteiger partial charge is 0.418 e. The van der Waals surface area contributed by atoms with E-state index in [-0.39, 0.29) is 24.5 Å². The molecule has 0 saturated heterocycles. The number of alkyl halides is 3. The van der Waals surface area contributed by atoms with Gasteiger partial charge in [0.05, 0.1) is 24.1 Å². The highest BCUT2D eigenvalue weighted by Crippen LogP contribution is 2.36. The molecule has 0 aliphatic heterocycles. The Morgan fingerprint density at radius 3 is 2.42 bits per heavy atom. The summed E-state index contributed by atoms with van der Waals surface area (Å²) >= 11 is 0. The van der Waals surface area contributed by atoms with Gasteiger partial charge >= 0.3 is 6.18 Å². The van der Waals surface area contributed by atoms with Gasteiger partial charge in [0.15, 0.2) is 5.76 Å². The fraction of sp³-hybridized carbons (Fsp3) is 0.182. The average Bonchev–Trinajstić information content (AvgIpc) is 3.27. The second kappa shape index (κ2) is 9.84. The minimum Gasteiger partial charge on any atom is -0.494 e. The van der Waals surface area contributed by atoms with Crippen molar-refractivity contribution < 1.29 is 31.9 Å². The van der Waals surface area contributed by atoms with Gasteiger partial charge in [0.2, 0.25) is 5.91 Å². The molecule has 1 heterocycles. The van der Waals surface area contributed by atoms with E-state index in [4.69, 9.17) is 9.15 Å². The highest BCUT2D eigenvalue weighted by Gasteiger charge is 2.34. The van der Waals surface area contributed by atoms with Crippen LogP contribution in [-0.4, -0.2) is 18.4 Å². The number of nitrogens with one attached hydrogen (secondary N) is 2. The van der Waals surface area contributed by atoms with Gasteiger partial charge in [-0.2, -0.15) is 13.2 Å². The van der Waals surface area contributed by atoms with E-state index in [1.807, 2.05) is 6.07 Å². The number of carbonyl (C=O) groups excluding carboxylic acids is 2. The molecule has 3 rings (SSSR count). The van der Waals surface area contributed by atoms with Gasteiger partial charge in [-0.15, -0.1) is 0 Å². The first-order chi connectivity index (χ1) is 14.8. The van der Waals surface area contributed by atoms with Crippen LogP contribution in [0.1, 0.15) is 29.0 Å². The standard InChI is InChI=1S/C22H19F3N2O4/c23-22(24,25)17-14-15(26-21(29)19-8-4-13-31-19)10-11-18(17)27-20(28)9-5-12-30-16-6-2-1-3-7-16/h1-4,6-8,10-11,13-14H,5,9,12H2,(H,26,29)(H,27,28). The van der Waals surface area contributed by atoms with E-state index in [2.05, 4.69) is 10.6 Å². The van der Waals surface area contributed by atoms with Crippen LogP contribution in [0.5, 0.6) is 5.75 Å². The van der Waals surface area contributed by atoms with Crippen molar-refractivity contribution in [1.29, 1.82) is 0 Å². The Hall–Kier alpha value is -3.75. The Kier molecular flexibility index (Phi) is 6.96. The fourth-order valence-electron chi connectivity index (χ4n) is 2.72. The van der Waals surface area contributed by atoms with Crippen LogP contribution in [0.2, 0.25) is 0 Å². The molecule has 3 aromatic rings. The zero-order valence-corrected chi connectivity index (χ0v) is 16.2. The summed E-state index contributed by atoms with van der Waals surface area (Å²) in [6.07, 6.45) is -3.13. The number of para-hydroxylation sites is 1. The molecule has 9 heteroatoms. The molecule has 0 spiro atoms. The van der Waals surface area contributed by atoms with Crippen molar-refractivity contribution in [2.45, 2.75) is 19.0 Å². The number of hydrogen-bond acceptors (Lipinski definition) is 4. The zero-order valence-electron chi connectivity index (χ0n) is 16.2. The number of benzene rings is 2. The molecule has 0 unspecified atom stereocenters. The van der Waals surface area contributed by atoms with Crippen LogP contribution in [0.3, 0.4) is 0 Å². The summed E-state index contributed by atoms with van der Waals surface area (Å²) in [6.45, 7) is 0.251. The predicted octanol–water partition coefficient (Wildman–Crippen LogP) is 5.35. The van der Waals surface area contributed by atoms with Crippen molar-refractivity contribution in [3.63, 3.8) is 0 Å². The van der Waals surface area contributed by atoms with Crippen LogP contribution in [0.4, 0.5) is 24.5 Å². The molecule has 0 atom stereocenters. The van der Waals surface area contributed by atoms with Crippen LogP contribution in [0.15, 0.2) is 71.3 Å². The van der Waals surface area contributed by atoms with Crippen molar-refractivity contribution in [2.24, 2.45) is 0 Å². The Labute approximate surface area is 176 Å². The number of carbonyl (C=O) groups is 2. The second-order valence-electron chi connectivity index (χ2n) is 6.50. The highest BCUT2D eigenvalue weighted by molar-refractivity contribution is 6.02. The van der Waals surface area contributed by atoms with Crippen LogP contribution in [0, 0.1) is 0 Å². The van der Waals surface area contributed by atoms with E-state index in [0.29, 0.717) is 12.2 Å². The Balaban J connectivity index is 1.60. The lowest BCUT2D eigenvalue weighted by atomic mass is 10.1. The van der Waals surface area contributed by atoms with Crippen molar-refractivity contribution in [3.8, 4) is 5.75 Å². The minimum absolute atomic E-state index is 0.0128. The number of rotatable bonds is 8. The third kappa shape index (κ3) is 6.36. The maximum absolute atomic E-state index is 13.5. The number of amides is 2. The summed E-state index contributed by atoms with van der Waals surface area (Å²) < 4.78 is 50.8. The molecule has 2 N–H and O–H groups in total. The van der Waals surface area contributed by atoms with Crippen molar-refractivity contribution in [1.82, 2.24) is 0 Å². The predicted molar refractivity (Wildman–Crippen MR) is 108 cm³/mol. The van der Waals surface area contributed by atoms with Crippen molar-refractivity contribution >= 4 is 23.2 Å². The van der Waals surface area contributed by atoms with E-state index in [0.717, 1.165) is 12.1 Å². The van der Waals surface area contributed by atoms with Crippen molar-refractivity contribution in [3.05, 3.63) is 78.3 Å². The molecule has 0 fully saturated rings. The molecule has 0 radical (unpaired) electrons. The zero-order chi connectivity index (χ0) is 22.3. The van der Waals surface area contributed by atoms with E-state index >= 15 is 0 Å². The molecule has 162 valence electrons. The molecule has 6 nitrogen and oxygen atoms in total. The summed E-state index contributed by atoms with van der Waals surface area (Å²) in [7, 11) is 0. The van der Waals surface area contributed by atoms with Crippen LogP contribution < -0.4 is 15.4 Å². The molecule has 0 saturated carbocycles. The van der Waals surface area contributed by atoms with Gasteiger partial charge in [-0.1, -0.05) is 18.2 Å². The van der Waals surface area contributed by atoms with Gasteiger partial charge in [0.25, 0.3) is 5.91 Å². The lowest BCUT2D eigenvalue weighted by Gasteiger charge is -2.16. The van der Waals surface area contributed by atoms with Gasteiger partial charge in [-0.05, 0) is 48.9 Å². The Morgan fingerprint density at radius 1 is 0.968 bits per heavy atom. The number of halogens is 3. The second-order valence-corrected chi connectivity index (χ2v) is 6.50. The molecular weight excluding hydrogens is 413 g/mol. The molecule has 0 bridgehead atoms. The van der Waals surface area contributed by atoms with E-state index < -0.39 is 29.2 Å². The number of ether oxygens (including phenoxy) is 1. The van der Waals surface area contributed by atoms with Gasteiger partial charge in [0.1, 0.15) is 5.75 Å². The number of anilines is 2. The van der Waals surface area contributed by atoms with E-state index in [1.165, 1.54) is 24.5 Å². The molecule has 0 aliphatic rings. The monoisotopic (exact) mass is 432 g/mol. The summed E-state index contributed by atoms with van der Waals surface area (Å²) in [5, 5.41) is 4.61. The first-order valence-corrected chi connectivity index (χ1v) is 9.37. The Morgan fingerprint density at radius 2 is 1.74 bits per heavy atom. The fourth-order valence-corrected chi connectivity index (χ4v) is 2.72. The Bertz CT molecular complexity index is 1020. The van der Waals surface area contributed by atoms with Gasteiger partial charge < -0.3 is 19.8 Å². The van der Waals surface area contributed by atoms with Gasteiger partial charge in [-0.25, -0.2) is 0 Å². The van der Waals surface area contributed by atoms with Crippen LogP contribution in [0.25, 0.3) is 0 Å². The first kappa shape index (κ1) is 21.9. The van der Waals surface area contributed by atoms with E-state index in [1.54, 1.807) is 24.3 Å². The van der Waals surface area contributed by atoms with Crippen molar-refractivity contribution in [2.75, 3.05) is 17.2 Å². The third-order valence-corrected chi connectivity index (χ3v) is 4.16. The lowest BCUT2D eigenvalue weighted by molar-refractivity contribution is -0.136. The largest absolute Gasteiger partial charge is 0.494 e. The SMILES string of the molecule is O=C(CCCOc1ccccc1)Nc1ccc(NC(=O)c2ccco2)cc1C(F)(F)F. The molecule has 31 heavy (non-hydrogen) atoms. The number of furan rings is 1. The van der Waals surface area contributed by atoms with Gasteiger partial charge in [0, 0.05) is 12.1 Å². The van der Waals surface area contributed by atoms with Gasteiger partial charge in [-0.3, -0.25) is 9.59 Å². The molecule has 1 aromatic heterocycles. The molecule has 2 amide bonds. The highest BCUT2D eigenvalue weighted by atomic mass is 19.4. The average molecular weight is 432 g/mol. The summed E-state index contributed by atoms with van der Waals surface area (Å²) in [5.41, 5.74) is -1.54. The lowest BCUT2D eigenvalue weighted by Crippen LogP contribution is -2.18. The maximum atomic E-state index is 13.5. The minimum atomic E-state index is -4.73. The molecular formula is C22H19F3N2O4. The molecule has 0 aliphatic carbocycles. The summed E-state index contributed by atoms with van der Waals surface area (Å²) in [5.74, 6) is -0.652. The quantitative estimate of drug-likeness (QED) is 0.471. The topological polar surface area (TPSA) is 80.6 Å². The molecule has 2 aromatic carbocycles. The normalized spacial score (nSPS) is 11.1. The third-order valence-electron chi connectivity index (χ3n) is 4.16. The first-order valence-electron chi connectivity index (χ1n) is 9.37.